The molecule has 0 spiro atoms. The van der Waals surface area contributed by atoms with Crippen LogP contribution < -0.4 is 37.7 Å². The summed E-state index contributed by atoms with van der Waals surface area (Å²) in [5, 5.41) is 0. The molecule has 4 heterocycles. The van der Waals surface area contributed by atoms with E-state index in [1.165, 1.54) is 94.3 Å². The Hall–Kier alpha value is -5.53. The molecule has 0 N–H and O–H groups in total. The molecule has 0 unspecified atom stereocenters. The number of fused-ring (bicyclic) bond motifs is 10. The van der Waals surface area contributed by atoms with Crippen molar-refractivity contribution in [2.45, 2.75) is 0 Å². The minimum atomic E-state index is 0.220. The molecule has 0 bridgehead atoms. The van der Waals surface area contributed by atoms with Crippen LogP contribution >= 0.6 is 0 Å². The minimum Gasteiger partial charge on any atom is -0.312 e. The van der Waals surface area contributed by atoms with Crippen molar-refractivity contribution in [1.29, 1.82) is 0 Å². The Labute approximate surface area is 263 Å². The van der Waals surface area contributed by atoms with Crippen LogP contribution in [-0.2, 0) is 0 Å². The van der Waals surface area contributed by atoms with Gasteiger partial charge in [0, 0.05) is 17.1 Å². The SMILES string of the molecule is c1ccc(-c2ccc3c(c2)-c2cccc4c2B3c2cccc3c2N4c2cc(-c4ccccc4)cc4c2B3c2ccccc2-4)cc1. The lowest BCUT2D eigenvalue weighted by molar-refractivity contribution is 1.31. The van der Waals surface area contributed by atoms with Crippen LogP contribution in [0.2, 0.25) is 0 Å². The first-order valence-corrected chi connectivity index (χ1v) is 15.9. The topological polar surface area (TPSA) is 3.24 Å². The number of para-hydroxylation sites is 1. The Kier molecular flexibility index (Phi) is 4.54. The quantitative estimate of drug-likeness (QED) is 0.229. The van der Waals surface area contributed by atoms with Gasteiger partial charge in [-0.25, -0.2) is 0 Å². The standard InChI is InChI=1S/C42H25B2N/c1-3-11-26(12-4-1)28-21-22-35-32(23-28)31-16-9-20-38-40(31)44(35)37-19-10-18-36-42(37)45(38)39-25-29(27-13-5-2-6-14-27)24-33-30-15-7-8-17-34(30)43(36)41(33)39/h1-25H. The zero-order valence-corrected chi connectivity index (χ0v) is 24.5. The Bertz CT molecular complexity index is 2400. The van der Waals surface area contributed by atoms with Gasteiger partial charge in [-0.15, -0.1) is 0 Å². The van der Waals surface area contributed by atoms with E-state index in [-0.39, 0.29) is 13.4 Å². The van der Waals surface area contributed by atoms with Crippen LogP contribution in [0.4, 0.5) is 17.1 Å². The molecule has 7 aromatic carbocycles. The van der Waals surface area contributed by atoms with Gasteiger partial charge in [0.15, 0.2) is 0 Å². The van der Waals surface area contributed by atoms with Crippen LogP contribution in [0.5, 0.6) is 0 Å². The third-order valence-corrected chi connectivity index (χ3v) is 10.7. The van der Waals surface area contributed by atoms with Crippen molar-refractivity contribution in [3.63, 3.8) is 0 Å². The molecule has 0 atom stereocenters. The normalized spacial score (nSPS) is 13.6. The van der Waals surface area contributed by atoms with Crippen LogP contribution in [0.3, 0.4) is 0 Å². The van der Waals surface area contributed by atoms with E-state index in [1.54, 1.807) is 0 Å². The number of anilines is 3. The van der Waals surface area contributed by atoms with E-state index in [2.05, 4.69) is 157 Å². The molecule has 0 saturated carbocycles. The van der Waals surface area contributed by atoms with Gasteiger partial charge in [-0.2, -0.15) is 0 Å². The van der Waals surface area contributed by atoms with Crippen LogP contribution in [0.1, 0.15) is 0 Å². The van der Waals surface area contributed by atoms with Gasteiger partial charge in [-0.1, -0.05) is 138 Å². The van der Waals surface area contributed by atoms with Gasteiger partial charge in [-0.05, 0) is 90.6 Å². The van der Waals surface area contributed by atoms with E-state index >= 15 is 0 Å². The Morgan fingerprint density at radius 3 is 1.69 bits per heavy atom. The van der Waals surface area contributed by atoms with Crippen LogP contribution in [0, 0.1) is 0 Å². The van der Waals surface area contributed by atoms with Gasteiger partial charge in [-0.3, -0.25) is 0 Å². The Morgan fingerprint density at radius 1 is 0.333 bits per heavy atom. The molecule has 0 aromatic heterocycles. The summed E-state index contributed by atoms with van der Waals surface area (Å²) >= 11 is 0. The second-order valence-corrected chi connectivity index (χ2v) is 12.8. The molecular formula is C42H25B2N. The van der Waals surface area contributed by atoms with Gasteiger partial charge in [0.25, 0.3) is 0 Å². The highest BCUT2D eigenvalue weighted by Gasteiger charge is 2.49. The molecular weight excluding hydrogens is 540 g/mol. The van der Waals surface area contributed by atoms with E-state index in [4.69, 9.17) is 0 Å². The summed E-state index contributed by atoms with van der Waals surface area (Å²) in [6.45, 7) is 0.450. The second kappa shape index (κ2) is 8.55. The maximum absolute atomic E-state index is 2.62. The molecule has 0 fully saturated rings. The van der Waals surface area contributed by atoms with Crippen molar-refractivity contribution < 1.29 is 0 Å². The highest BCUT2D eigenvalue weighted by atomic mass is 15.2. The molecule has 0 radical (unpaired) electrons. The maximum Gasteiger partial charge on any atom is 0.248 e. The zero-order valence-electron chi connectivity index (χ0n) is 24.5. The predicted octanol–water partition coefficient (Wildman–Crippen LogP) is 6.11. The fourth-order valence-electron chi connectivity index (χ4n) is 8.91. The molecule has 0 saturated heterocycles. The number of rotatable bonds is 2. The highest BCUT2D eigenvalue weighted by molar-refractivity contribution is 7.05. The zero-order chi connectivity index (χ0) is 29.2. The first-order valence-electron chi connectivity index (χ1n) is 15.9. The summed E-state index contributed by atoms with van der Waals surface area (Å²) in [6.07, 6.45) is 0. The van der Waals surface area contributed by atoms with Crippen molar-refractivity contribution in [2.24, 2.45) is 0 Å². The number of hydrogen-bond acceptors (Lipinski definition) is 1. The maximum atomic E-state index is 2.62. The minimum absolute atomic E-state index is 0.220. The second-order valence-electron chi connectivity index (χ2n) is 12.8. The van der Waals surface area contributed by atoms with Gasteiger partial charge in [0.05, 0.1) is 0 Å². The molecule has 0 amide bonds. The van der Waals surface area contributed by atoms with Crippen molar-refractivity contribution in [3.05, 3.63) is 152 Å². The first-order chi connectivity index (χ1) is 22.3. The lowest BCUT2D eigenvalue weighted by Gasteiger charge is -2.42. The van der Waals surface area contributed by atoms with E-state index in [9.17, 15) is 0 Å². The largest absolute Gasteiger partial charge is 0.312 e. The lowest BCUT2D eigenvalue weighted by atomic mass is 9.32. The summed E-state index contributed by atoms with van der Waals surface area (Å²) in [4.78, 5) is 2.62. The average molecular weight is 565 g/mol. The number of nitrogens with zero attached hydrogens (tertiary/aromatic N) is 1. The number of hydrogen-bond donors (Lipinski definition) is 0. The molecule has 1 nitrogen and oxygen atoms in total. The van der Waals surface area contributed by atoms with Crippen molar-refractivity contribution >= 4 is 63.3 Å². The van der Waals surface area contributed by atoms with E-state index in [0.29, 0.717) is 0 Å². The highest BCUT2D eigenvalue weighted by Crippen LogP contribution is 2.45. The van der Waals surface area contributed by atoms with Crippen molar-refractivity contribution in [3.8, 4) is 44.5 Å². The van der Waals surface area contributed by atoms with Crippen LogP contribution in [-0.4, -0.2) is 13.4 Å². The molecule has 7 aromatic rings. The summed E-state index contributed by atoms with van der Waals surface area (Å²) in [6, 6.07) is 56.8. The van der Waals surface area contributed by atoms with Crippen LogP contribution in [0.15, 0.2) is 152 Å². The fraction of sp³-hybridized carbons (Fsp3) is 0. The van der Waals surface area contributed by atoms with E-state index in [1.807, 2.05) is 0 Å². The molecule has 45 heavy (non-hydrogen) atoms. The Balaban J connectivity index is 1.22. The van der Waals surface area contributed by atoms with Gasteiger partial charge < -0.3 is 4.90 Å². The Morgan fingerprint density at radius 2 is 0.911 bits per heavy atom. The van der Waals surface area contributed by atoms with Gasteiger partial charge in [0.1, 0.15) is 0 Å². The third kappa shape index (κ3) is 3.01. The summed E-state index contributed by atoms with van der Waals surface area (Å²) in [5.41, 5.74) is 23.1. The monoisotopic (exact) mass is 565 g/mol. The predicted molar refractivity (Wildman–Crippen MR) is 192 cm³/mol. The first kappa shape index (κ1) is 23.9. The molecule has 204 valence electrons. The lowest BCUT2D eigenvalue weighted by Crippen LogP contribution is -2.62. The number of benzene rings is 7. The summed E-state index contributed by atoms with van der Waals surface area (Å²) < 4.78 is 0. The third-order valence-electron chi connectivity index (χ3n) is 10.7. The van der Waals surface area contributed by atoms with Crippen molar-refractivity contribution in [1.82, 2.24) is 0 Å². The molecule has 3 heteroatoms. The van der Waals surface area contributed by atoms with Crippen LogP contribution in [0.25, 0.3) is 44.5 Å². The summed E-state index contributed by atoms with van der Waals surface area (Å²) in [7, 11) is 0. The molecule has 11 rings (SSSR count). The fourth-order valence-corrected chi connectivity index (χ4v) is 8.91. The van der Waals surface area contributed by atoms with Crippen molar-refractivity contribution in [2.75, 3.05) is 4.90 Å². The van der Waals surface area contributed by atoms with E-state index in [0.717, 1.165) is 0 Å². The van der Waals surface area contributed by atoms with Gasteiger partial charge >= 0.3 is 0 Å². The molecule has 4 aliphatic rings. The summed E-state index contributed by atoms with van der Waals surface area (Å²) in [5.74, 6) is 0. The van der Waals surface area contributed by atoms with E-state index < -0.39 is 0 Å². The van der Waals surface area contributed by atoms with Gasteiger partial charge in [0.2, 0.25) is 13.4 Å². The average Bonchev–Trinajstić information content (AvgIpc) is 3.63. The smallest absolute Gasteiger partial charge is 0.248 e. The molecule has 4 aliphatic heterocycles. The molecule has 0 aliphatic carbocycles.